The number of rotatable bonds is 6. The molecule has 160 valence electrons. The Morgan fingerprint density at radius 2 is 1.91 bits per heavy atom. The first-order valence-corrected chi connectivity index (χ1v) is 10.7. The summed E-state index contributed by atoms with van der Waals surface area (Å²) >= 11 is 0. The van der Waals surface area contributed by atoms with Crippen molar-refractivity contribution in [1.82, 2.24) is 15.0 Å². The second-order valence-electron chi connectivity index (χ2n) is 7.84. The average molecular weight is 425 g/mol. The van der Waals surface area contributed by atoms with Crippen LogP contribution in [-0.4, -0.2) is 26.9 Å². The molecule has 3 aromatic heterocycles. The van der Waals surface area contributed by atoms with Gasteiger partial charge in [0.2, 0.25) is 11.6 Å². The van der Waals surface area contributed by atoms with Crippen LogP contribution in [-0.2, 0) is 4.79 Å². The van der Waals surface area contributed by atoms with Gasteiger partial charge in [-0.15, -0.1) is 0 Å². The summed E-state index contributed by atoms with van der Waals surface area (Å²) in [6, 6.07) is 11.8. The molecule has 1 aliphatic rings. The predicted molar refractivity (Wildman–Crippen MR) is 125 cm³/mol. The molecule has 0 unspecified atom stereocenters. The Morgan fingerprint density at radius 3 is 2.69 bits per heavy atom. The number of hydrogen-bond donors (Lipinski definition) is 2. The van der Waals surface area contributed by atoms with Gasteiger partial charge in [0, 0.05) is 35.2 Å². The number of pyridine rings is 1. The minimum atomic E-state index is -0.263. The van der Waals surface area contributed by atoms with Crippen molar-refractivity contribution in [2.75, 3.05) is 10.6 Å². The van der Waals surface area contributed by atoms with Gasteiger partial charge >= 0.3 is 0 Å². The lowest BCUT2D eigenvalue weighted by molar-refractivity contribution is -0.111. The topological polar surface area (TPSA) is 92.9 Å². The van der Waals surface area contributed by atoms with Crippen LogP contribution in [0.3, 0.4) is 0 Å². The van der Waals surface area contributed by atoms with Crippen LogP contribution < -0.4 is 10.6 Å². The molecule has 7 heteroatoms. The van der Waals surface area contributed by atoms with E-state index in [4.69, 9.17) is 4.42 Å². The molecular weight excluding hydrogens is 402 g/mol. The van der Waals surface area contributed by atoms with Crippen molar-refractivity contribution in [2.45, 2.75) is 31.7 Å². The van der Waals surface area contributed by atoms with Crippen molar-refractivity contribution in [3.63, 3.8) is 0 Å². The number of carbonyl (C=O) groups excluding carboxylic acids is 1. The highest BCUT2D eigenvalue weighted by Gasteiger charge is 2.24. The number of fused-ring (bicyclic) bond motifs is 1. The summed E-state index contributed by atoms with van der Waals surface area (Å²) in [4.78, 5) is 25.0. The lowest BCUT2D eigenvalue weighted by Gasteiger charge is -2.14. The van der Waals surface area contributed by atoms with E-state index in [1.54, 1.807) is 12.4 Å². The molecule has 32 heavy (non-hydrogen) atoms. The van der Waals surface area contributed by atoms with E-state index in [0.717, 1.165) is 40.7 Å². The first kappa shape index (κ1) is 19.9. The highest BCUT2D eigenvalue weighted by atomic mass is 16.3. The zero-order valence-electron chi connectivity index (χ0n) is 17.5. The molecule has 0 saturated heterocycles. The second kappa shape index (κ2) is 8.63. The van der Waals surface area contributed by atoms with E-state index in [1.165, 1.54) is 25.2 Å². The lowest BCUT2D eigenvalue weighted by Crippen LogP contribution is -2.15. The zero-order valence-corrected chi connectivity index (χ0v) is 17.5. The fraction of sp³-hybridized carbons (Fsp3) is 0.200. The number of anilines is 2. The van der Waals surface area contributed by atoms with E-state index in [-0.39, 0.29) is 5.91 Å². The first-order valence-electron chi connectivity index (χ1n) is 10.7. The SMILES string of the molecule is C=CC(=O)Nc1cccc(-c2c(-c3ccncc3)oc3ncnc(NC4CCCC4)c23)c1. The van der Waals surface area contributed by atoms with Gasteiger partial charge in [0.1, 0.15) is 17.9 Å². The molecule has 1 fully saturated rings. The molecule has 7 nitrogen and oxygen atoms in total. The summed E-state index contributed by atoms with van der Waals surface area (Å²) in [6.07, 6.45) is 10.9. The van der Waals surface area contributed by atoms with E-state index in [9.17, 15) is 4.79 Å². The summed E-state index contributed by atoms with van der Waals surface area (Å²) in [5, 5.41) is 7.27. The fourth-order valence-electron chi connectivity index (χ4n) is 4.23. The summed E-state index contributed by atoms with van der Waals surface area (Å²) in [7, 11) is 0. The Balaban J connectivity index is 1.71. The maximum atomic E-state index is 11.8. The van der Waals surface area contributed by atoms with Gasteiger partial charge in [-0.1, -0.05) is 31.6 Å². The maximum absolute atomic E-state index is 11.8. The Bertz CT molecular complexity index is 1280. The molecule has 5 rings (SSSR count). The van der Waals surface area contributed by atoms with E-state index < -0.39 is 0 Å². The fourth-order valence-corrected chi connectivity index (χ4v) is 4.23. The van der Waals surface area contributed by atoms with Crippen molar-refractivity contribution in [3.05, 3.63) is 67.8 Å². The van der Waals surface area contributed by atoms with Crippen LogP contribution in [0.25, 0.3) is 33.6 Å². The van der Waals surface area contributed by atoms with Crippen LogP contribution >= 0.6 is 0 Å². The van der Waals surface area contributed by atoms with E-state index >= 15 is 0 Å². The number of carbonyl (C=O) groups is 1. The first-order chi connectivity index (χ1) is 15.7. The largest absolute Gasteiger partial charge is 0.437 e. The van der Waals surface area contributed by atoms with Gasteiger partial charge in [0.15, 0.2) is 0 Å². The number of nitrogens with one attached hydrogen (secondary N) is 2. The van der Waals surface area contributed by atoms with Gasteiger partial charge in [-0.2, -0.15) is 0 Å². The van der Waals surface area contributed by atoms with Gasteiger partial charge in [0.05, 0.1) is 5.39 Å². The van der Waals surface area contributed by atoms with Crippen LogP contribution in [0.4, 0.5) is 11.5 Å². The number of aromatic nitrogens is 3. The van der Waals surface area contributed by atoms with Gasteiger partial charge < -0.3 is 15.1 Å². The third kappa shape index (κ3) is 3.85. The number of furan rings is 1. The molecule has 0 spiro atoms. The van der Waals surface area contributed by atoms with Gasteiger partial charge in [0.25, 0.3) is 0 Å². The number of amides is 1. The molecule has 1 aromatic carbocycles. The van der Waals surface area contributed by atoms with E-state index in [0.29, 0.717) is 23.2 Å². The molecular formula is C25H23N5O2. The Morgan fingerprint density at radius 1 is 1.09 bits per heavy atom. The molecule has 2 N–H and O–H groups in total. The Labute approximate surface area is 185 Å². The van der Waals surface area contributed by atoms with Crippen LogP contribution in [0, 0.1) is 0 Å². The standard InChI is InChI=1S/C25H23N5O2/c1-2-20(31)29-19-9-5-6-17(14-19)21-22-24(30-18-7-3-4-8-18)27-15-28-25(22)32-23(21)16-10-12-26-13-11-16/h2,5-6,9-15,18H,1,3-4,7-8H2,(H,29,31)(H,27,28,30). The number of nitrogens with zero attached hydrogens (tertiary/aromatic N) is 3. The highest BCUT2D eigenvalue weighted by molar-refractivity contribution is 6.06. The third-order valence-electron chi connectivity index (χ3n) is 5.73. The third-order valence-corrected chi connectivity index (χ3v) is 5.73. The van der Waals surface area contributed by atoms with Crippen molar-refractivity contribution in [3.8, 4) is 22.5 Å². The Kier molecular flexibility index (Phi) is 5.37. The summed E-state index contributed by atoms with van der Waals surface area (Å²) in [5.41, 5.74) is 3.84. The zero-order chi connectivity index (χ0) is 21.9. The van der Waals surface area contributed by atoms with Crippen molar-refractivity contribution >= 4 is 28.5 Å². The molecule has 0 aliphatic heterocycles. The maximum Gasteiger partial charge on any atom is 0.247 e. The molecule has 0 atom stereocenters. The van der Waals surface area contributed by atoms with Gasteiger partial charge in [-0.25, -0.2) is 9.97 Å². The predicted octanol–water partition coefficient (Wildman–Crippen LogP) is 5.43. The summed E-state index contributed by atoms with van der Waals surface area (Å²) in [5.74, 6) is 1.19. The monoisotopic (exact) mass is 425 g/mol. The molecule has 3 heterocycles. The molecule has 1 amide bonds. The minimum Gasteiger partial charge on any atom is -0.437 e. The molecule has 1 aliphatic carbocycles. The van der Waals surface area contributed by atoms with Crippen molar-refractivity contribution < 1.29 is 9.21 Å². The lowest BCUT2D eigenvalue weighted by atomic mass is 9.99. The van der Waals surface area contributed by atoms with E-state index in [2.05, 4.69) is 32.2 Å². The van der Waals surface area contributed by atoms with Crippen LogP contribution in [0.15, 0.2) is 72.2 Å². The van der Waals surface area contributed by atoms with Gasteiger partial charge in [-0.05, 0) is 48.7 Å². The molecule has 1 saturated carbocycles. The Hall–Kier alpha value is -4.00. The quantitative estimate of drug-likeness (QED) is 0.400. The summed E-state index contributed by atoms with van der Waals surface area (Å²) in [6.45, 7) is 3.53. The number of benzene rings is 1. The van der Waals surface area contributed by atoms with Crippen molar-refractivity contribution in [2.24, 2.45) is 0 Å². The molecule has 0 radical (unpaired) electrons. The van der Waals surface area contributed by atoms with Gasteiger partial charge in [-0.3, -0.25) is 9.78 Å². The summed E-state index contributed by atoms with van der Waals surface area (Å²) < 4.78 is 6.26. The van der Waals surface area contributed by atoms with E-state index in [1.807, 2.05) is 36.4 Å². The number of hydrogen-bond acceptors (Lipinski definition) is 6. The second-order valence-corrected chi connectivity index (χ2v) is 7.84. The van der Waals surface area contributed by atoms with Crippen LogP contribution in [0.5, 0.6) is 0 Å². The highest BCUT2D eigenvalue weighted by Crippen LogP contribution is 2.43. The minimum absolute atomic E-state index is 0.263. The van der Waals surface area contributed by atoms with Crippen molar-refractivity contribution in [1.29, 1.82) is 0 Å². The molecule has 0 bridgehead atoms. The average Bonchev–Trinajstić information content (AvgIpc) is 3.48. The van der Waals surface area contributed by atoms with Crippen LogP contribution in [0.1, 0.15) is 25.7 Å². The van der Waals surface area contributed by atoms with Crippen LogP contribution in [0.2, 0.25) is 0 Å². The molecule has 4 aromatic rings. The normalized spacial score (nSPS) is 13.9. The smallest absolute Gasteiger partial charge is 0.247 e.